The van der Waals surface area contributed by atoms with Crippen LogP contribution in [0.15, 0.2) is 48.5 Å². The molecule has 3 nitrogen and oxygen atoms in total. The van der Waals surface area contributed by atoms with Crippen molar-refractivity contribution in [2.75, 3.05) is 7.11 Å². The molecular weight excluding hydrogens is 255 g/mol. The molecule has 4 heteroatoms. The van der Waals surface area contributed by atoms with Crippen molar-refractivity contribution in [2.24, 2.45) is 5.84 Å². The van der Waals surface area contributed by atoms with Crippen molar-refractivity contribution >= 4 is 0 Å². The maximum Gasteiger partial charge on any atom is 0.131 e. The minimum absolute atomic E-state index is 0.286. The van der Waals surface area contributed by atoms with Crippen LogP contribution in [-0.4, -0.2) is 7.11 Å². The molecule has 2 aromatic carbocycles. The smallest absolute Gasteiger partial charge is 0.131 e. The molecule has 3 N–H and O–H groups in total. The van der Waals surface area contributed by atoms with Crippen LogP contribution in [0.5, 0.6) is 5.75 Å². The lowest BCUT2D eigenvalue weighted by Crippen LogP contribution is -2.29. The van der Waals surface area contributed by atoms with Gasteiger partial charge in [0.1, 0.15) is 11.6 Å². The SMILES string of the molecule is COc1cccc(F)c1C(CCc1ccccc1)NN. The average molecular weight is 274 g/mol. The van der Waals surface area contributed by atoms with Gasteiger partial charge in [0, 0.05) is 5.56 Å². The molecule has 0 aliphatic heterocycles. The maximum absolute atomic E-state index is 14.0. The lowest BCUT2D eigenvalue weighted by atomic mass is 9.98. The van der Waals surface area contributed by atoms with Crippen LogP contribution >= 0.6 is 0 Å². The maximum atomic E-state index is 14.0. The number of hydrazine groups is 1. The van der Waals surface area contributed by atoms with Crippen molar-refractivity contribution in [1.29, 1.82) is 0 Å². The number of methoxy groups -OCH3 is 1. The van der Waals surface area contributed by atoms with Crippen LogP contribution in [-0.2, 0) is 6.42 Å². The second kappa shape index (κ2) is 7.03. The predicted octanol–water partition coefficient (Wildman–Crippen LogP) is 2.97. The van der Waals surface area contributed by atoms with E-state index in [1.807, 2.05) is 30.3 Å². The zero-order valence-electron chi connectivity index (χ0n) is 11.5. The van der Waals surface area contributed by atoms with E-state index in [2.05, 4.69) is 5.43 Å². The normalized spacial score (nSPS) is 12.2. The summed E-state index contributed by atoms with van der Waals surface area (Å²) in [5.41, 5.74) is 4.36. The molecule has 0 aromatic heterocycles. The van der Waals surface area contributed by atoms with Gasteiger partial charge in [-0.2, -0.15) is 0 Å². The van der Waals surface area contributed by atoms with Gasteiger partial charge >= 0.3 is 0 Å². The Bertz CT molecular complexity index is 545. The van der Waals surface area contributed by atoms with Crippen LogP contribution in [0.25, 0.3) is 0 Å². The highest BCUT2D eigenvalue weighted by atomic mass is 19.1. The van der Waals surface area contributed by atoms with Crippen LogP contribution in [0.2, 0.25) is 0 Å². The number of rotatable bonds is 6. The zero-order valence-corrected chi connectivity index (χ0v) is 11.5. The van der Waals surface area contributed by atoms with Crippen molar-refractivity contribution in [3.63, 3.8) is 0 Å². The molecule has 1 atom stereocenters. The van der Waals surface area contributed by atoms with E-state index in [0.29, 0.717) is 17.7 Å². The molecule has 0 bridgehead atoms. The Hall–Kier alpha value is -1.91. The Kier molecular flexibility index (Phi) is 5.09. The number of aryl methyl sites for hydroxylation is 1. The molecule has 0 aliphatic carbocycles. The highest BCUT2D eigenvalue weighted by Gasteiger charge is 2.19. The second-order valence-corrected chi connectivity index (χ2v) is 4.60. The standard InChI is InChI=1S/C16H19FN2O/c1-20-15-9-5-8-13(17)16(15)14(19-18)11-10-12-6-3-2-4-7-12/h2-9,14,19H,10-11,18H2,1H3. The molecule has 0 saturated carbocycles. The highest BCUT2D eigenvalue weighted by molar-refractivity contribution is 5.37. The zero-order chi connectivity index (χ0) is 14.4. The van der Waals surface area contributed by atoms with Crippen LogP contribution in [0.3, 0.4) is 0 Å². The van der Waals surface area contributed by atoms with E-state index in [1.165, 1.54) is 18.7 Å². The third-order valence-electron chi connectivity index (χ3n) is 3.35. The predicted molar refractivity (Wildman–Crippen MR) is 77.8 cm³/mol. The molecule has 0 saturated heterocycles. The summed E-state index contributed by atoms with van der Waals surface area (Å²) in [5.74, 6) is 5.80. The summed E-state index contributed by atoms with van der Waals surface area (Å²) in [6, 6.07) is 14.6. The fourth-order valence-corrected chi connectivity index (χ4v) is 2.30. The number of hydrogen-bond acceptors (Lipinski definition) is 3. The van der Waals surface area contributed by atoms with E-state index in [9.17, 15) is 4.39 Å². The first-order valence-electron chi connectivity index (χ1n) is 6.58. The molecule has 20 heavy (non-hydrogen) atoms. The summed E-state index contributed by atoms with van der Waals surface area (Å²) in [4.78, 5) is 0. The molecule has 2 aromatic rings. The summed E-state index contributed by atoms with van der Waals surface area (Å²) in [7, 11) is 1.53. The van der Waals surface area contributed by atoms with Crippen LogP contribution in [0.1, 0.15) is 23.6 Å². The van der Waals surface area contributed by atoms with Gasteiger partial charge in [-0.1, -0.05) is 36.4 Å². The molecular formula is C16H19FN2O. The van der Waals surface area contributed by atoms with Gasteiger partial charge < -0.3 is 4.74 Å². The van der Waals surface area contributed by atoms with E-state index >= 15 is 0 Å². The summed E-state index contributed by atoms with van der Waals surface area (Å²) >= 11 is 0. The number of nitrogens with one attached hydrogen (secondary N) is 1. The molecule has 0 amide bonds. The van der Waals surface area contributed by atoms with Gasteiger partial charge in [-0.25, -0.2) is 4.39 Å². The van der Waals surface area contributed by atoms with E-state index < -0.39 is 0 Å². The Labute approximate surface area is 118 Å². The summed E-state index contributed by atoms with van der Waals surface area (Å²) < 4.78 is 19.2. The molecule has 106 valence electrons. The number of hydrogen-bond donors (Lipinski definition) is 2. The second-order valence-electron chi connectivity index (χ2n) is 4.60. The van der Waals surface area contributed by atoms with E-state index in [1.54, 1.807) is 12.1 Å². The first-order chi connectivity index (χ1) is 9.76. The average Bonchev–Trinajstić information content (AvgIpc) is 2.50. The van der Waals surface area contributed by atoms with Crippen LogP contribution in [0, 0.1) is 5.82 Å². The number of nitrogens with two attached hydrogens (primary N) is 1. The van der Waals surface area contributed by atoms with Gasteiger partial charge in [0.2, 0.25) is 0 Å². The summed E-state index contributed by atoms with van der Waals surface area (Å²) in [5, 5.41) is 0. The first kappa shape index (κ1) is 14.5. The van der Waals surface area contributed by atoms with Gasteiger partial charge in [0.15, 0.2) is 0 Å². The van der Waals surface area contributed by atoms with Crippen LogP contribution < -0.4 is 16.0 Å². The van der Waals surface area contributed by atoms with E-state index in [-0.39, 0.29) is 11.9 Å². The Morgan fingerprint density at radius 3 is 2.55 bits per heavy atom. The molecule has 0 spiro atoms. The Morgan fingerprint density at radius 1 is 1.15 bits per heavy atom. The number of halogens is 1. The Balaban J connectivity index is 2.16. The highest BCUT2D eigenvalue weighted by Crippen LogP contribution is 2.30. The van der Waals surface area contributed by atoms with Gasteiger partial charge in [0.25, 0.3) is 0 Å². The van der Waals surface area contributed by atoms with E-state index in [4.69, 9.17) is 10.6 Å². The summed E-state index contributed by atoms with van der Waals surface area (Å²) in [6.45, 7) is 0. The van der Waals surface area contributed by atoms with Gasteiger partial charge in [0.05, 0.1) is 13.2 Å². The lowest BCUT2D eigenvalue weighted by molar-refractivity contribution is 0.386. The topological polar surface area (TPSA) is 47.3 Å². The minimum atomic E-state index is -0.305. The largest absolute Gasteiger partial charge is 0.496 e. The first-order valence-corrected chi connectivity index (χ1v) is 6.58. The minimum Gasteiger partial charge on any atom is -0.496 e. The van der Waals surface area contributed by atoms with Gasteiger partial charge in [-0.3, -0.25) is 11.3 Å². The third-order valence-corrected chi connectivity index (χ3v) is 3.35. The fraction of sp³-hybridized carbons (Fsp3) is 0.250. The Morgan fingerprint density at radius 2 is 1.90 bits per heavy atom. The van der Waals surface area contributed by atoms with Crippen molar-refractivity contribution in [3.8, 4) is 5.75 Å². The van der Waals surface area contributed by atoms with Crippen molar-refractivity contribution in [2.45, 2.75) is 18.9 Å². The van der Waals surface area contributed by atoms with E-state index in [0.717, 1.165) is 6.42 Å². The monoisotopic (exact) mass is 274 g/mol. The molecule has 0 aliphatic rings. The quantitative estimate of drug-likeness (QED) is 0.629. The molecule has 1 unspecified atom stereocenters. The number of ether oxygens (including phenoxy) is 1. The molecule has 0 radical (unpaired) electrons. The molecule has 0 heterocycles. The van der Waals surface area contributed by atoms with Gasteiger partial charge in [-0.15, -0.1) is 0 Å². The fourth-order valence-electron chi connectivity index (χ4n) is 2.30. The lowest BCUT2D eigenvalue weighted by Gasteiger charge is -2.19. The van der Waals surface area contributed by atoms with Crippen molar-refractivity contribution in [3.05, 3.63) is 65.5 Å². The number of benzene rings is 2. The van der Waals surface area contributed by atoms with Gasteiger partial charge in [-0.05, 0) is 30.5 Å². The third kappa shape index (κ3) is 3.35. The van der Waals surface area contributed by atoms with Crippen LogP contribution in [0.4, 0.5) is 4.39 Å². The molecule has 0 fully saturated rings. The van der Waals surface area contributed by atoms with Crippen molar-refractivity contribution in [1.82, 2.24) is 5.43 Å². The molecule has 2 rings (SSSR count). The van der Waals surface area contributed by atoms with Crippen molar-refractivity contribution < 1.29 is 9.13 Å². The summed E-state index contributed by atoms with van der Waals surface area (Å²) in [6.07, 6.45) is 1.50.